The molecule has 1 aliphatic rings. The zero-order valence-electron chi connectivity index (χ0n) is 16.5. The van der Waals surface area contributed by atoms with E-state index in [9.17, 15) is 4.79 Å². The maximum atomic E-state index is 12.9. The van der Waals surface area contributed by atoms with Gasteiger partial charge in [0, 0.05) is 35.7 Å². The van der Waals surface area contributed by atoms with Gasteiger partial charge in [-0.15, -0.1) is 0 Å². The van der Waals surface area contributed by atoms with E-state index in [0.717, 1.165) is 36.6 Å². The number of rotatable bonds is 3. The van der Waals surface area contributed by atoms with Crippen molar-refractivity contribution in [2.45, 2.75) is 37.8 Å². The summed E-state index contributed by atoms with van der Waals surface area (Å²) in [7, 11) is 1.86. The predicted octanol–water partition coefficient (Wildman–Crippen LogP) is 3.16. The molecule has 1 aliphatic carbocycles. The molecular formula is C21H22ClN7O. The van der Waals surface area contributed by atoms with Gasteiger partial charge in [-0.05, 0) is 43.9 Å². The van der Waals surface area contributed by atoms with Crippen molar-refractivity contribution in [3.63, 3.8) is 0 Å². The van der Waals surface area contributed by atoms with Crippen LogP contribution in [-0.4, -0.2) is 42.7 Å². The molecule has 3 heterocycles. The number of carbonyl (C=O) groups excluding carboxylic acids is 1. The first-order valence-corrected chi connectivity index (χ1v) is 10.4. The molecule has 2 atom stereocenters. The monoisotopic (exact) mass is 423 g/mol. The SMILES string of the molecule is Cn1nc(-c2cnc3[nH]cc(C(=O)N[C@H]4CCC[C@@H](N)C4)c3n2)c2ccc(Cl)cc21. The summed E-state index contributed by atoms with van der Waals surface area (Å²) in [6.07, 6.45) is 7.10. The highest BCUT2D eigenvalue weighted by atomic mass is 35.5. The average molecular weight is 424 g/mol. The topological polar surface area (TPSA) is 115 Å². The number of carbonyl (C=O) groups is 1. The first-order valence-electron chi connectivity index (χ1n) is 10.0. The van der Waals surface area contributed by atoms with E-state index in [1.165, 1.54) is 0 Å². The molecule has 30 heavy (non-hydrogen) atoms. The number of aromatic nitrogens is 5. The Hall–Kier alpha value is -2.97. The molecule has 5 rings (SSSR count). The fourth-order valence-corrected chi connectivity index (χ4v) is 4.39. The Morgan fingerprint density at radius 3 is 3.07 bits per heavy atom. The molecule has 3 aromatic heterocycles. The minimum Gasteiger partial charge on any atom is -0.349 e. The summed E-state index contributed by atoms with van der Waals surface area (Å²) in [6.45, 7) is 0. The number of amides is 1. The lowest BCUT2D eigenvalue weighted by Crippen LogP contribution is -2.42. The van der Waals surface area contributed by atoms with Crippen LogP contribution in [-0.2, 0) is 7.05 Å². The summed E-state index contributed by atoms with van der Waals surface area (Å²) in [5.41, 5.74) is 9.82. The van der Waals surface area contributed by atoms with Gasteiger partial charge in [0.15, 0.2) is 5.65 Å². The highest BCUT2D eigenvalue weighted by Crippen LogP contribution is 2.29. The zero-order valence-corrected chi connectivity index (χ0v) is 17.3. The second-order valence-electron chi connectivity index (χ2n) is 7.89. The van der Waals surface area contributed by atoms with Gasteiger partial charge in [0.1, 0.15) is 16.9 Å². The number of benzene rings is 1. The highest BCUT2D eigenvalue weighted by molar-refractivity contribution is 6.31. The molecule has 1 saturated carbocycles. The number of H-pyrrole nitrogens is 1. The summed E-state index contributed by atoms with van der Waals surface area (Å²) in [5, 5.41) is 9.27. The van der Waals surface area contributed by atoms with Crippen LogP contribution in [0.4, 0.5) is 0 Å². The Bertz CT molecular complexity index is 1260. The smallest absolute Gasteiger partial charge is 0.255 e. The van der Waals surface area contributed by atoms with Crippen molar-refractivity contribution in [3.05, 3.63) is 41.2 Å². The number of aryl methyl sites for hydroxylation is 1. The molecule has 4 aromatic rings. The van der Waals surface area contributed by atoms with Crippen molar-refractivity contribution in [1.29, 1.82) is 0 Å². The third kappa shape index (κ3) is 3.32. The average Bonchev–Trinajstić information content (AvgIpc) is 3.29. The second kappa shape index (κ2) is 7.37. The highest BCUT2D eigenvalue weighted by Gasteiger charge is 2.23. The summed E-state index contributed by atoms with van der Waals surface area (Å²) in [4.78, 5) is 25.2. The molecule has 1 fully saturated rings. The summed E-state index contributed by atoms with van der Waals surface area (Å²) in [6, 6.07) is 5.84. The van der Waals surface area contributed by atoms with Crippen LogP contribution >= 0.6 is 11.6 Å². The normalized spacial score (nSPS) is 19.4. The van der Waals surface area contributed by atoms with Gasteiger partial charge in [-0.2, -0.15) is 5.10 Å². The standard InChI is InChI=1S/C21H22ClN7O/c1-29-17-7-11(22)5-6-14(17)18(28-29)16-10-25-20-19(27-16)15(9-24-20)21(30)26-13-4-2-3-12(23)8-13/h5-7,9-10,12-13H,2-4,8,23H2,1H3,(H,24,25)(H,26,30)/t12-,13+/m1/s1. The molecule has 0 saturated heterocycles. The lowest BCUT2D eigenvalue weighted by atomic mass is 9.91. The Kier molecular flexibility index (Phi) is 4.67. The predicted molar refractivity (Wildman–Crippen MR) is 116 cm³/mol. The third-order valence-corrected chi connectivity index (χ3v) is 5.97. The van der Waals surface area contributed by atoms with Gasteiger partial charge in [-0.1, -0.05) is 11.6 Å². The Labute approximate surface area is 177 Å². The van der Waals surface area contributed by atoms with Crippen molar-refractivity contribution in [3.8, 4) is 11.4 Å². The van der Waals surface area contributed by atoms with Crippen molar-refractivity contribution in [1.82, 2.24) is 30.0 Å². The van der Waals surface area contributed by atoms with Gasteiger partial charge >= 0.3 is 0 Å². The minimum absolute atomic E-state index is 0.0897. The van der Waals surface area contributed by atoms with Crippen LogP contribution in [0.2, 0.25) is 5.02 Å². The molecule has 9 heteroatoms. The van der Waals surface area contributed by atoms with Gasteiger partial charge in [-0.3, -0.25) is 9.48 Å². The van der Waals surface area contributed by atoms with Gasteiger partial charge < -0.3 is 16.0 Å². The van der Waals surface area contributed by atoms with Crippen LogP contribution in [0.1, 0.15) is 36.0 Å². The molecule has 0 radical (unpaired) electrons. The first kappa shape index (κ1) is 19.0. The minimum atomic E-state index is -0.163. The number of nitrogens with two attached hydrogens (primary N) is 1. The number of halogens is 1. The van der Waals surface area contributed by atoms with Crippen LogP contribution in [0.25, 0.3) is 33.5 Å². The lowest BCUT2D eigenvalue weighted by molar-refractivity contribution is 0.0927. The van der Waals surface area contributed by atoms with E-state index >= 15 is 0 Å². The van der Waals surface area contributed by atoms with Crippen molar-refractivity contribution < 1.29 is 4.79 Å². The number of nitrogens with zero attached hydrogens (tertiary/aromatic N) is 4. The molecule has 0 bridgehead atoms. The van der Waals surface area contributed by atoms with Gasteiger partial charge in [-0.25, -0.2) is 9.97 Å². The van der Waals surface area contributed by atoms with Gasteiger partial charge in [0.25, 0.3) is 5.91 Å². The largest absolute Gasteiger partial charge is 0.349 e. The molecule has 0 aliphatic heterocycles. The van der Waals surface area contributed by atoms with Crippen LogP contribution in [0.15, 0.2) is 30.6 Å². The number of hydrogen-bond donors (Lipinski definition) is 3. The molecule has 0 spiro atoms. The van der Waals surface area contributed by atoms with E-state index < -0.39 is 0 Å². The second-order valence-corrected chi connectivity index (χ2v) is 8.32. The molecule has 1 amide bonds. The lowest BCUT2D eigenvalue weighted by Gasteiger charge is -2.27. The van der Waals surface area contributed by atoms with E-state index in [4.69, 9.17) is 22.3 Å². The first-order chi connectivity index (χ1) is 14.5. The van der Waals surface area contributed by atoms with Gasteiger partial charge in [0.2, 0.25) is 0 Å². The maximum Gasteiger partial charge on any atom is 0.255 e. The van der Waals surface area contributed by atoms with Gasteiger partial charge in [0.05, 0.1) is 17.3 Å². The van der Waals surface area contributed by atoms with Crippen molar-refractivity contribution in [2.75, 3.05) is 0 Å². The molecule has 154 valence electrons. The molecule has 1 aromatic carbocycles. The van der Waals surface area contributed by atoms with Crippen LogP contribution in [0.5, 0.6) is 0 Å². The molecular weight excluding hydrogens is 402 g/mol. The van der Waals surface area contributed by atoms with E-state index in [2.05, 4.69) is 20.4 Å². The maximum absolute atomic E-state index is 12.9. The fraction of sp³-hybridized carbons (Fsp3) is 0.333. The number of aromatic amines is 1. The molecule has 0 unspecified atom stereocenters. The van der Waals surface area contributed by atoms with E-state index in [-0.39, 0.29) is 18.0 Å². The van der Waals surface area contributed by atoms with Crippen molar-refractivity contribution in [2.24, 2.45) is 12.8 Å². The summed E-state index contributed by atoms with van der Waals surface area (Å²) in [5.74, 6) is -0.163. The Morgan fingerprint density at radius 1 is 1.37 bits per heavy atom. The Morgan fingerprint density at radius 2 is 2.23 bits per heavy atom. The van der Waals surface area contributed by atoms with Crippen LogP contribution in [0, 0.1) is 0 Å². The van der Waals surface area contributed by atoms with E-state index in [1.54, 1.807) is 17.1 Å². The van der Waals surface area contributed by atoms with Crippen LogP contribution in [0.3, 0.4) is 0 Å². The fourth-order valence-electron chi connectivity index (χ4n) is 4.22. The van der Waals surface area contributed by atoms with Crippen LogP contribution < -0.4 is 11.1 Å². The zero-order chi connectivity index (χ0) is 20.8. The molecule has 4 N–H and O–H groups in total. The van der Waals surface area contributed by atoms with E-state index in [0.29, 0.717) is 33.1 Å². The van der Waals surface area contributed by atoms with E-state index in [1.807, 2.05) is 25.2 Å². The number of nitrogens with one attached hydrogen (secondary N) is 2. The summed E-state index contributed by atoms with van der Waals surface area (Å²) >= 11 is 6.13. The number of fused-ring (bicyclic) bond motifs is 2. The third-order valence-electron chi connectivity index (χ3n) is 5.73. The number of hydrogen-bond acceptors (Lipinski definition) is 5. The van der Waals surface area contributed by atoms with Crippen molar-refractivity contribution >= 4 is 39.6 Å². The summed E-state index contributed by atoms with van der Waals surface area (Å²) < 4.78 is 1.76. The molecule has 8 nitrogen and oxygen atoms in total. The quantitative estimate of drug-likeness (QED) is 0.468. The Balaban J connectivity index is 1.51.